The van der Waals surface area contributed by atoms with Crippen molar-refractivity contribution in [2.24, 2.45) is 5.73 Å². The summed E-state index contributed by atoms with van der Waals surface area (Å²) in [5, 5.41) is 3.01. The smallest absolute Gasteiger partial charge is 0.244 e. The van der Waals surface area contributed by atoms with Gasteiger partial charge in [0.05, 0.1) is 12.7 Å². The van der Waals surface area contributed by atoms with Crippen molar-refractivity contribution < 1.29 is 9.53 Å². The van der Waals surface area contributed by atoms with Crippen LogP contribution >= 0.6 is 0 Å². The van der Waals surface area contributed by atoms with Crippen LogP contribution in [0.2, 0.25) is 0 Å². The monoisotopic (exact) mass is 250 g/mol. The molecule has 1 rings (SSSR count). The Morgan fingerprint density at radius 1 is 1.44 bits per heavy atom. The first-order valence-electron chi connectivity index (χ1n) is 6.22. The second-order valence-corrected chi connectivity index (χ2v) is 4.42. The Balaban J connectivity index is 2.99. The van der Waals surface area contributed by atoms with E-state index in [2.05, 4.69) is 5.32 Å². The normalized spacial score (nSPS) is 15.9. The molecule has 1 aromatic rings. The maximum atomic E-state index is 11.8. The summed E-state index contributed by atoms with van der Waals surface area (Å²) in [6.45, 7) is 4.25. The topological polar surface area (TPSA) is 64.3 Å². The van der Waals surface area contributed by atoms with Crippen molar-refractivity contribution in [2.75, 3.05) is 13.7 Å². The fourth-order valence-electron chi connectivity index (χ4n) is 1.74. The Morgan fingerprint density at radius 2 is 2.06 bits per heavy atom. The number of ether oxygens (including phenoxy) is 1. The molecule has 0 bridgehead atoms. The predicted octanol–water partition coefficient (Wildman–Crippen LogP) is 1.40. The summed E-state index contributed by atoms with van der Waals surface area (Å²) in [5.41, 5.74) is 5.42. The van der Waals surface area contributed by atoms with Gasteiger partial charge in [-0.05, 0) is 26.0 Å². The molecular weight excluding hydrogens is 228 g/mol. The molecule has 100 valence electrons. The number of likely N-dealkylation sites (N-methyl/N-ethyl adjacent to an activating group) is 1. The maximum Gasteiger partial charge on any atom is 0.244 e. The van der Waals surface area contributed by atoms with Crippen molar-refractivity contribution in [3.8, 4) is 0 Å². The van der Waals surface area contributed by atoms with Gasteiger partial charge in [0, 0.05) is 0 Å². The summed E-state index contributed by atoms with van der Waals surface area (Å²) in [5.74, 6) is -0.431. The lowest BCUT2D eigenvalue weighted by Crippen LogP contribution is -2.54. The van der Waals surface area contributed by atoms with Crippen molar-refractivity contribution in [1.29, 1.82) is 0 Å². The third-order valence-electron chi connectivity index (χ3n) is 3.27. The number of carbonyl (C=O) groups is 1. The second kappa shape index (κ2) is 6.52. The number of hydrogen-bond acceptors (Lipinski definition) is 3. The Hall–Kier alpha value is -1.39. The third kappa shape index (κ3) is 3.09. The number of nitrogens with two attached hydrogens (primary N) is 1. The van der Waals surface area contributed by atoms with Gasteiger partial charge in [0.15, 0.2) is 0 Å². The highest BCUT2D eigenvalue weighted by molar-refractivity contribution is 5.86. The van der Waals surface area contributed by atoms with Gasteiger partial charge in [0.25, 0.3) is 0 Å². The first kappa shape index (κ1) is 14.7. The summed E-state index contributed by atoms with van der Waals surface area (Å²) in [6, 6.07) is 9.42. The molecule has 0 saturated carbocycles. The molecule has 4 nitrogen and oxygen atoms in total. The lowest BCUT2D eigenvalue weighted by Gasteiger charge is -2.31. The molecule has 18 heavy (non-hydrogen) atoms. The minimum atomic E-state index is -0.968. The van der Waals surface area contributed by atoms with Crippen molar-refractivity contribution in [2.45, 2.75) is 31.9 Å². The summed E-state index contributed by atoms with van der Waals surface area (Å²) >= 11 is 0. The minimum absolute atomic E-state index is 0.0980. The number of hydrogen-bond donors (Lipinski definition) is 2. The molecule has 2 unspecified atom stereocenters. The quantitative estimate of drug-likeness (QED) is 0.769. The van der Waals surface area contributed by atoms with Gasteiger partial charge in [0.2, 0.25) is 5.91 Å². The maximum absolute atomic E-state index is 11.8. The highest BCUT2D eigenvalue weighted by Crippen LogP contribution is 2.21. The number of nitrogens with one attached hydrogen (secondary N) is 1. The molecule has 0 spiro atoms. The molecule has 0 radical (unpaired) electrons. The second-order valence-electron chi connectivity index (χ2n) is 4.42. The molecule has 0 saturated heterocycles. The van der Waals surface area contributed by atoms with Gasteiger partial charge in [-0.15, -0.1) is 0 Å². The highest BCUT2D eigenvalue weighted by atomic mass is 16.5. The van der Waals surface area contributed by atoms with E-state index in [1.54, 1.807) is 7.05 Å². The van der Waals surface area contributed by atoms with Crippen molar-refractivity contribution in [1.82, 2.24) is 5.32 Å². The van der Waals surface area contributed by atoms with E-state index in [1.165, 1.54) is 0 Å². The van der Waals surface area contributed by atoms with E-state index in [0.717, 1.165) is 12.0 Å². The minimum Gasteiger partial charge on any atom is -0.376 e. The number of carbonyl (C=O) groups excluding carboxylic acids is 1. The molecule has 3 N–H and O–H groups in total. The van der Waals surface area contributed by atoms with E-state index in [4.69, 9.17) is 10.5 Å². The van der Waals surface area contributed by atoms with E-state index < -0.39 is 11.4 Å². The van der Waals surface area contributed by atoms with Crippen LogP contribution < -0.4 is 11.1 Å². The summed E-state index contributed by atoms with van der Waals surface area (Å²) in [6.07, 6.45) is 0.994. The predicted molar refractivity (Wildman–Crippen MR) is 72.1 cm³/mol. The molecule has 1 aromatic carbocycles. The summed E-state index contributed by atoms with van der Waals surface area (Å²) in [4.78, 5) is 11.8. The molecule has 4 heteroatoms. The average molecular weight is 250 g/mol. The molecular formula is C14H22N2O2. The lowest BCUT2D eigenvalue weighted by atomic mass is 9.90. The Morgan fingerprint density at radius 3 is 2.50 bits per heavy atom. The lowest BCUT2D eigenvalue weighted by molar-refractivity contribution is -0.128. The van der Waals surface area contributed by atoms with Crippen LogP contribution in [0.25, 0.3) is 0 Å². The van der Waals surface area contributed by atoms with E-state index in [-0.39, 0.29) is 12.7 Å². The largest absolute Gasteiger partial charge is 0.376 e. The first-order valence-corrected chi connectivity index (χ1v) is 6.22. The van der Waals surface area contributed by atoms with Gasteiger partial charge in [-0.25, -0.2) is 0 Å². The molecule has 1 amide bonds. The fraction of sp³-hybridized carbons (Fsp3) is 0.500. The number of primary amides is 1. The molecule has 0 aromatic heterocycles. The van der Waals surface area contributed by atoms with Gasteiger partial charge in [-0.2, -0.15) is 0 Å². The zero-order chi connectivity index (χ0) is 13.6. The number of rotatable bonds is 7. The number of benzene rings is 1. The summed E-state index contributed by atoms with van der Waals surface area (Å²) in [7, 11) is 1.72. The van der Waals surface area contributed by atoms with Crippen molar-refractivity contribution in [3.05, 3.63) is 35.9 Å². The SMILES string of the molecule is CCC(C)OCC(NC)(C(N)=O)c1ccccc1. The van der Waals surface area contributed by atoms with Crippen molar-refractivity contribution >= 4 is 5.91 Å². The van der Waals surface area contributed by atoms with Crippen LogP contribution in [-0.4, -0.2) is 25.7 Å². The van der Waals surface area contributed by atoms with Crippen molar-refractivity contribution in [3.63, 3.8) is 0 Å². The first-order chi connectivity index (χ1) is 8.56. The van der Waals surface area contributed by atoms with Crippen LogP contribution in [0, 0.1) is 0 Å². The molecule has 0 aliphatic rings. The van der Waals surface area contributed by atoms with Crippen LogP contribution in [0.4, 0.5) is 0 Å². The summed E-state index contributed by atoms with van der Waals surface area (Å²) < 4.78 is 5.70. The van der Waals surface area contributed by atoms with Gasteiger partial charge in [0.1, 0.15) is 5.54 Å². The standard InChI is InChI=1S/C14H22N2O2/c1-4-11(2)18-10-14(16-3,13(15)17)12-8-6-5-7-9-12/h5-9,11,16H,4,10H2,1-3H3,(H2,15,17). The van der Waals surface area contributed by atoms with E-state index in [9.17, 15) is 4.79 Å². The van der Waals surface area contributed by atoms with Crippen LogP contribution in [-0.2, 0) is 15.1 Å². The van der Waals surface area contributed by atoms with Gasteiger partial charge in [-0.1, -0.05) is 37.3 Å². The van der Waals surface area contributed by atoms with Crippen LogP contribution in [0.3, 0.4) is 0 Å². The zero-order valence-electron chi connectivity index (χ0n) is 11.3. The van der Waals surface area contributed by atoms with E-state index in [1.807, 2.05) is 44.2 Å². The third-order valence-corrected chi connectivity index (χ3v) is 3.27. The molecule has 0 fully saturated rings. The van der Waals surface area contributed by atoms with Crippen LogP contribution in [0.1, 0.15) is 25.8 Å². The Bertz CT molecular complexity index is 381. The Kier molecular flexibility index (Phi) is 5.31. The van der Waals surface area contributed by atoms with E-state index in [0.29, 0.717) is 0 Å². The molecule has 0 heterocycles. The zero-order valence-corrected chi connectivity index (χ0v) is 11.3. The van der Waals surface area contributed by atoms with Crippen LogP contribution in [0.5, 0.6) is 0 Å². The number of amides is 1. The average Bonchev–Trinajstić information content (AvgIpc) is 2.40. The highest BCUT2D eigenvalue weighted by Gasteiger charge is 2.37. The van der Waals surface area contributed by atoms with Gasteiger partial charge < -0.3 is 15.8 Å². The van der Waals surface area contributed by atoms with Gasteiger partial charge in [-0.3, -0.25) is 4.79 Å². The molecule has 0 aliphatic heterocycles. The van der Waals surface area contributed by atoms with E-state index >= 15 is 0 Å². The fourth-order valence-corrected chi connectivity index (χ4v) is 1.74. The molecule has 0 aliphatic carbocycles. The van der Waals surface area contributed by atoms with Crippen LogP contribution in [0.15, 0.2) is 30.3 Å². The Labute approximate surface area is 109 Å². The molecule has 2 atom stereocenters. The van der Waals surface area contributed by atoms with Gasteiger partial charge >= 0.3 is 0 Å².